The highest BCUT2D eigenvalue weighted by atomic mass is 19.4. The molecule has 2 unspecified atom stereocenters. The third-order valence-corrected chi connectivity index (χ3v) is 6.26. The van der Waals surface area contributed by atoms with Gasteiger partial charge in [-0.25, -0.2) is 4.79 Å². The topological polar surface area (TPSA) is 95.7 Å². The molecule has 0 radical (unpaired) electrons. The van der Waals surface area contributed by atoms with Crippen LogP contribution in [-0.2, 0) is 29.1 Å². The molecule has 4 rings (SSSR count). The van der Waals surface area contributed by atoms with Gasteiger partial charge in [0.25, 0.3) is 0 Å². The molecule has 1 aliphatic rings. The summed E-state index contributed by atoms with van der Waals surface area (Å²) >= 11 is 0. The molecule has 1 aliphatic heterocycles. The summed E-state index contributed by atoms with van der Waals surface area (Å²) in [6.07, 6.45) is -3.97. The molecule has 1 heterocycles. The zero-order chi connectivity index (χ0) is 27.0. The van der Waals surface area contributed by atoms with Crippen LogP contribution in [0.25, 0.3) is 0 Å². The van der Waals surface area contributed by atoms with E-state index in [4.69, 9.17) is 15.6 Å². The van der Waals surface area contributed by atoms with Gasteiger partial charge in [-0.1, -0.05) is 79.7 Å². The lowest BCUT2D eigenvalue weighted by atomic mass is 9.93. The first-order chi connectivity index (χ1) is 17.6. The summed E-state index contributed by atoms with van der Waals surface area (Å²) in [7, 11) is 0. The highest BCUT2D eigenvalue weighted by Crippen LogP contribution is 2.28. The number of nitrogens with zero attached hydrogens (tertiary/aromatic N) is 1. The van der Waals surface area contributed by atoms with Crippen LogP contribution in [0, 0.1) is 0 Å². The number of hydrogen-bond donors (Lipinski definition) is 3. The lowest BCUT2D eigenvalue weighted by Crippen LogP contribution is -2.43. The van der Waals surface area contributed by atoms with E-state index in [-0.39, 0.29) is 11.8 Å². The number of alkyl halides is 3. The first kappa shape index (κ1) is 27.7. The number of amides is 1. The quantitative estimate of drug-likeness (QED) is 0.428. The Morgan fingerprint density at radius 1 is 0.973 bits per heavy atom. The molecule has 37 heavy (non-hydrogen) atoms. The third-order valence-electron chi connectivity index (χ3n) is 6.26. The van der Waals surface area contributed by atoms with E-state index < -0.39 is 18.2 Å². The molecule has 3 aromatic carbocycles. The van der Waals surface area contributed by atoms with E-state index in [0.29, 0.717) is 6.54 Å². The monoisotopic (exact) mass is 513 g/mol. The molecule has 0 saturated carbocycles. The second-order valence-electron chi connectivity index (χ2n) is 8.86. The summed E-state index contributed by atoms with van der Waals surface area (Å²) in [4.78, 5) is 23.8. The molecule has 2 atom stereocenters. The predicted molar refractivity (Wildman–Crippen MR) is 136 cm³/mol. The van der Waals surface area contributed by atoms with Crippen LogP contribution in [0.5, 0.6) is 0 Å². The first-order valence-corrected chi connectivity index (χ1v) is 11.8. The summed E-state index contributed by atoms with van der Waals surface area (Å²) in [5.74, 6) is -2.91. The van der Waals surface area contributed by atoms with Crippen molar-refractivity contribution in [1.82, 2.24) is 5.32 Å². The number of hydrogen-bond acceptors (Lipinski definition) is 4. The van der Waals surface area contributed by atoms with E-state index in [1.165, 1.54) is 16.8 Å². The zero-order valence-electron chi connectivity index (χ0n) is 20.4. The van der Waals surface area contributed by atoms with Gasteiger partial charge in [0.15, 0.2) is 0 Å². The minimum Gasteiger partial charge on any atom is -0.475 e. The average Bonchev–Trinajstić information content (AvgIpc) is 3.30. The largest absolute Gasteiger partial charge is 0.490 e. The van der Waals surface area contributed by atoms with Crippen molar-refractivity contribution < 1.29 is 27.9 Å². The summed E-state index contributed by atoms with van der Waals surface area (Å²) in [6, 6.07) is 26.5. The molecule has 0 bridgehead atoms. The molecule has 9 heteroatoms. The Labute approximate surface area is 213 Å². The summed E-state index contributed by atoms with van der Waals surface area (Å²) in [5, 5.41) is 10.1. The molecule has 1 amide bonds. The predicted octanol–water partition coefficient (Wildman–Crippen LogP) is 4.63. The lowest BCUT2D eigenvalue weighted by molar-refractivity contribution is -0.192. The van der Waals surface area contributed by atoms with Gasteiger partial charge in [0.05, 0.1) is 6.04 Å². The van der Waals surface area contributed by atoms with Crippen LogP contribution in [0.2, 0.25) is 0 Å². The second kappa shape index (κ2) is 12.4. The van der Waals surface area contributed by atoms with Crippen molar-refractivity contribution in [2.45, 2.75) is 44.6 Å². The molecule has 6 nitrogen and oxygen atoms in total. The summed E-state index contributed by atoms with van der Waals surface area (Å²) in [6.45, 7) is 4.45. The second-order valence-corrected chi connectivity index (χ2v) is 8.86. The van der Waals surface area contributed by atoms with Gasteiger partial charge in [0, 0.05) is 31.2 Å². The Balaban J connectivity index is 0.000000479. The van der Waals surface area contributed by atoms with Crippen molar-refractivity contribution in [3.8, 4) is 0 Å². The number of anilines is 1. The number of aliphatic carboxylic acids is 1. The van der Waals surface area contributed by atoms with Gasteiger partial charge in [-0.15, -0.1) is 0 Å². The number of halogens is 3. The first-order valence-electron chi connectivity index (χ1n) is 11.8. The fraction of sp³-hybridized carbons (Fsp3) is 0.286. The van der Waals surface area contributed by atoms with Crippen molar-refractivity contribution in [1.29, 1.82) is 0 Å². The van der Waals surface area contributed by atoms with Crippen molar-refractivity contribution in [2.75, 3.05) is 11.4 Å². The van der Waals surface area contributed by atoms with Crippen LogP contribution in [-0.4, -0.2) is 35.7 Å². The number of carboxylic acids is 1. The Hall–Kier alpha value is -3.85. The van der Waals surface area contributed by atoms with Crippen molar-refractivity contribution in [3.63, 3.8) is 0 Å². The number of nitrogens with one attached hydrogen (secondary N) is 1. The van der Waals surface area contributed by atoms with E-state index in [1.54, 1.807) is 0 Å². The maximum absolute atomic E-state index is 12.5. The SMILES string of the molecule is CC(c1ccccc1)C(N)C(=O)NCc1ccc(CN2CCc3ccccc32)cc1.O=C(O)C(F)(F)F. The number of nitrogens with two attached hydrogens (primary N) is 1. The van der Waals surface area contributed by atoms with Gasteiger partial charge in [-0.2, -0.15) is 13.2 Å². The normalized spacial score (nSPS) is 14.1. The maximum Gasteiger partial charge on any atom is 0.490 e. The molecule has 0 aromatic heterocycles. The minimum absolute atomic E-state index is 0.0306. The number of benzene rings is 3. The van der Waals surface area contributed by atoms with Gasteiger partial charge in [0.1, 0.15) is 0 Å². The van der Waals surface area contributed by atoms with Crippen LogP contribution in [0.4, 0.5) is 18.9 Å². The van der Waals surface area contributed by atoms with E-state index in [0.717, 1.165) is 30.6 Å². The molecule has 0 fully saturated rings. The van der Waals surface area contributed by atoms with Gasteiger partial charge < -0.3 is 21.1 Å². The van der Waals surface area contributed by atoms with E-state index in [2.05, 4.69) is 58.7 Å². The number of para-hydroxylation sites is 1. The molecule has 0 spiro atoms. The summed E-state index contributed by atoms with van der Waals surface area (Å²) in [5.41, 5.74) is 12.4. The molecule has 0 aliphatic carbocycles. The number of fused-ring (bicyclic) bond motifs is 1. The molecule has 3 aromatic rings. The fourth-order valence-corrected chi connectivity index (χ4v) is 4.05. The lowest BCUT2D eigenvalue weighted by Gasteiger charge is -2.20. The Bertz CT molecular complexity index is 1180. The standard InChI is InChI=1S/C26H29N3O.C2HF3O2/c1-19(22-7-3-2-4-8-22)25(27)26(30)28-17-20-11-13-21(14-12-20)18-29-16-15-23-9-5-6-10-24(23)29;3-2(4,5)1(6)7/h2-14,19,25H,15-18,27H2,1H3,(H,28,30);(H,6,7). The highest BCUT2D eigenvalue weighted by Gasteiger charge is 2.38. The molecule has 196 valence electrons. The fourth-order valence-electron chi connectivity index (χ4n) is 4.05. The van der Waals surface area contributed by atoms with Crippen molar-refractivity contribution >= 4 is 17.6 Å². The number of rotatable bonds is 7. The van der Waals surface area contributed by atoms with Gasteiger partial charge in [0.2, 0.25) is 5.91 Å². The highest BCUT2D eigenvalue weighted by molar-refractivity contribution is 5.82. The van der Waals surface area contributed by atoms with Gasteiger partial charge in [-0.05, 0) is 34.7 Å². The average molecular weight is 514 g/mol. The molecular weight excluding hydrogens is 483 g/mol. The van der Waals surface area contributed by atoms with Gasteiger partial charge in [-0.3, -0.25) is 4.79 Å². The van der Waals surface area contributed by atoms with Crippen LogP contribution < -0.4 is 16.0 Å². The molecule has 0 saturated heterocycles. The van der Waals surface area contributed by atoms with E-state index in [9.17, 15) is 18.0 Å². The van der Waals surface area contributed by atoms with Crippen LogP contribution in [0.1, 0.15) is 35.1 Å². The minimum atomic E-state index is -5.08. The number of carboxylic acid groups (broad SMARTS) is 1. The van der Waals surface area contributed by atoms with Crippen LogP contribution >= 0.6 is 0 Å². The Morgan fingerprint density at radius 3 is 2.16 bits per heavy atom. The zero-order valence-corrected chi connectivity index (χ0v) is 20.4. The summed E-state index contributed by atoms with van der Waals surface area (Å²) < 4.78 is 31.7. The Morgan fingerprint density at radius 2 is 1.54 bits per heavy atom. The van der Waals surface area contributed by atoms with Gasteiger partial charge >= 0.3 is 12.1 Å². The molecular formula is C28H30F3N3O3. The Kier molecular flexibility index (Phi) is 9.30. The van der Waals surface area contributed by atoms with E-state index in [1.807, 2.05) is 37.3 Å². The van der Waals surface area contributed by atoms with E-state index >= 15 is 0 Å². The smallest absolute Gasteiger partial charge is 0.475 e. The number of carbonyl (C=O) groups is 2. The third kappa shape index (κ3) is 7.82. The maximum atomic E-state index is 12.5. The van der Waals surface area contributed by atoms with Crippen LogP contribution in [0.15, 0.2) is 78.9 Å². The van der Waals surface area contributed by atoms with Crippen molar-refractivity contribution in [2.24, 2.45) is 5.73 Å². The van der Waals surface area contributed by atoms with Crippen molar-refractivity contribution in [3.05, 3.63) is 101 Å². The molecule has 4 N–H and O–H groups in total. The van der Waals surface area contributed by atoms with Crippen LogP contribution in [0.3, 0.4) is 0 Å². The number of carbonyl (C=O) groups excluding carboxylic acids is 1.